The van der Waals surface area contributed by atoms with Gasteiger partial charge in [0.2, 0.25) is 11.8 Å². The van der Waals surface area contributed by atoms with Crippen LogP contribution in [0.4, 0.5) is 5.69 Å². The molecule has 2 N–H and O–H groups in total. The predicted molar refractivity (Wildman–Crippen MR) is 99.4 cm³/mol. The number of nitrogens with one attached hydrogen (secondary N) is 2. The van der Waals surface area contributed by atoms with Crippen molar-refractivity contribution in [3.05, 3.63) is 58.9 Å². The van der Waals surface area contributed by atoms with E-state index in [0.717, 1.165) is 11.3 Å². The molecule has 142 valence electrons. The van der Waals surface area contributed by atoms with Gasteiger partial charge in [-0.3, -0.25) is 29.5 Å². The second-order valence-electron chi connectivity index (χ2n) is 6.91. The Kier molecular flexibility index (Phi) is 4.38. The molecule has 8 heteroatoms. The maximum atomic E-state index is 12.7. The number of nitrogens with zero attached hydrogens (tertiary/aromatic N) is 2. The molecule has 8 nitrogen and oxygen atoms in total. The van der Waals surface area contributed by atoms with E-state index in [-0.39, 0.29) is 30.7 Å². The number of amides is 4. The van der Waals surface area contributed by atoms with Crippen LogP contribution in [0.25, 0.3) is 0 Å². The minimum Gasteiger partial charge on any atom is -0.322 e. The number of rotatable bonds is 3. The molecule has 28 heavy (non-hydrogen) atoms. The SMILES string of the molecule is Cc1ccc(C(=O)Nc2ccc3c(c2)CN(C2CCC(=O)NC2=O)C3=O)cn1. The lowest BCUT2D eigenvalue weighted by atomic mass is 10.0. The zero-order chi connectivity index (χ0) is 19.8. The van der Waals surface area contributed by atoms with Crippen LogP contribution >= 0.6 is 0 Å². The van der Waals surface area contributed by atoms with E-state index < -0.39 is 11.9 Å². The molecule has 0 spiro atoms. The molecule has 0 saturated carbocycles. The normalized spacial score (nSPS) is 18.7. The van der Waals surface area contributed by atoms with Crippen molar-refractivity contribution in [3.8, 4) is 0 Å². The number of anilines is 1. The predicted octanol–water partition coefficient (Wildman–Crippen LogP) is 1.40. The first-order valence-corrected chi connectivity index (χ1v) is 8.94. The Hall–Kier alpha value is -3.55. The van der Waals surface area contributed by atoms with Gasteiger partial charge in [0.05, 0.1) is 5.56 Å². The molecule has 1 unspecified atom stereocenters. The molecule has 0 aliphatic carbocycles. The smallest absolute Gasteiger partial charge is 0.257 e. The molecular formula is C20H18N4O4. The molecule has 4 rings (SSSR count). The van der Waals surface area contributed by atoms with Gasteiger partial charge in [-0.15, -0.1) is 0 Å². The van der Waals surface area contributed by atoms with Gasteiger partial charge in [-0.1, -0.05) is 0 Å². The average molecular weight is 378 g/mol. The number of carbonyl (C=O) groups excluding carboxylic acids is 4. The Balaban J connectivity index is 1.51. The van der Waals surface area contributed by atoms with Crippen LogP contribution in [0.15, 0.2) is 36.5 Å². The summed E-state index contributed by atoms with van der Waals surface area (Å²) in [5.41, 5.74) is 3.05. The molecule has 1 aromatic heterocycles. The van der Waals surface area contributed by atoms with Crippen LogP contribution in [0.3, 0.4) is 0 Å². The maximum Gasteiger partial charge on any atom is 0.257 e. The third kappa shape index (κ3) is 3.24. The minimum atomic E-state index is -0.658. The highest BCUT2D eigenvalue weighted by atomic mass is 16.2. The molecule has 3 heterocycles. The number of aryl methyl sites for hydroxylation is 1. The van der Waals surface area contributed by atoms with Gasteiger partial charge in [0.1, 0.15) is 6.04 Å². The van der Waals surface area contributed by atoms with Gasteiger partial charge in [-0.05, 0) is 49.2 Å². The van der Waals surface area contributed by atoms with Crippen molar-refractivity contribution in [2.45, 2.75) is 32.4 Å². The molecule has 0 radical (unpaired) electrons. The third-order valence-corrected chi connectivity index (χ3v) is 4.95. The Morgan fingerprint density at radius 1 is 1.21 bits per heavy atom. The van der Waals surface area contributed by atoms with E-state index in [0.29, 0.717) is 23.2 Å². The molecule has 1 atom stereocenters. The second kappa shape index (κ2) is 6.88. The zero-order valence-electron chi connectivity index (χ0n) is 15.2. The average Bonchev–Trinajstić information content (AvgIpc) is 2.98. The molecule has 2 aliphatic heterocycles. The minimum absolute atomic E-state index is 0.211. The van der Waals surface area contributed by atoms with E-state index in [9.17, 15) is 19.2 Å². The summed E-state index contributed by atoms with van der Waals surface area (Å²) in [6.45, 7) is 2.10. The summed E-state index contributed by atoms with van der Waals surface area (Å²) in [4.78, 5) is 54.1. The highest BCUT2D eigenvalue weighted by Crippen LogP contribution is 2.29. The van der Waals surface area contributed by atoms with Crippen LogP contribution in [-0.4, -0.2) is 39.6 Å². The summed E-state index contributed by atoms with van der Waals surface area (Å²) in [6.07, 6.45) is 2.03. The Labute approximate surface area is 160 Å². The number of aromatic nitrogens is 1. The van der Waals surface area contributed by atoms with E-state index in [1.807, 2.05) is 6.92 Å². The van der Waals surface area contributed by atoms with E-state index in [1.54, 1.807) is 30.3 Å². The fourth-order valence-electron chi connectivity index (χ4n) is 3.46. The highest BCUT2D eigenvalue weighted by molar-refractivity contribution is 6.07. The van der Waals surface area contributed by atoms with Gasteiger partial charge in [0.15, 0.2) is 0 Å². The first-order chi connectivity index (χ1) is 13.4. The summed E-state index contributed by atoms with van der Waals surface area (Å²) in [5.74, 6) is -1.30. The second-order valence-corrected chi connectivity index (χ2v) is 6.91. The number of benzene rings is 1. The Bertz CT molecular complexity index is 1000. The third-order valence-electron chi connectivity index (χ3n) is 4.95. The van der Waals surface area contributed by atoms with E-state index in [2.05, 4.69) is 15.6 Å². The van der Waals surface area contributed by atoms with Crippen molar-refractivity contribution in [3.63, 3.8) is 0 Å². The number of imide groups is 1. The van der Waals surface area contributed by atoms with Crippen molar-refractivity contribution in [2.24, 2.45) is 0 Å². The van der Waals surface area contributed by atoms with Gasteiger partial charge in [0, 0.05) is 36.1 Å². The van der Waals surface area contributed by atoms with E-state index in [1.165, 1.54) is 11.1 Å². The fourth-order valence-corrected chi connectivity index (χ4v) is 3.46. The molecule has 0 bridgehead atoms. The van der Waals surface area contributed by atoms with Crippen molar-refractivity contribution in [2.75, 3.05) is 5.32 Å². The number of carbonyl (C=O) groups is 4. The number of hydrogen-bond acceptors (Lipinski definition) is 5. The van der Waals surface area contributed by atoms with Crippen molar-refractivity contribution in [1.29, 1.82) is 0 Å². The molecule has 4 amide bonds. The molecular weight excluding hydrogens is 360 g/mol. The molecule has 1 saturated heterocycles. The fraction of sp³-hybridized carbons (Fsp3) is 0.250. The molecule has 1 fully saturated rings. The monoisotopic (exact) mass is 378 g/mol. The molecule has 1 aromatic carbocycles. The van der Waals surface area contributed by atoms with Crippen LogP contribution in [0.1, 0.15) is 44.8 Å². The standard InChI is InChI=1S/C20H18N4O4/c1-11-2-3-12(9-21-11)18(26)22-14-4-5-15-13(8-14)10-24(20(15)28)16-6-7-17(25)23-19(16)27/h2-5,8-9,16H,6-7,10H2,1H3,(H,22,26)(H,23,25,27). The first-order valence-electron chi connectivity index (χ1n) is 8.94. The van der Waals surface area contributed by atoms with E-state index in [4.69, 9.17) is 0 Å². The van der Waals surface area contributed by atoms with Crippen LogP contribution in [0, 0.1) is 6.92 Å². The van der Waals surface area contributed by atoms with Gasteiger partial charge in [0.25, 0.3) is 11.8 Å². The lowest BCUT2D eigenvalue weighted by Gasteiger charge is -2.29. The van der Waals surface area contributed by atoms with Crippen molar-refractivity contribution >= 4 is 29.3 Å². The van der Waals surface area contributed by atoms with Gasteiger partial charge in [-0.2, -0.15) is 0 Å². The number of piperidine rings is 1. The Morgan fingerprint density at radius 3 is 2.75 bits per heavy atom. The van der Waals surface area contributed by atoms with Crippen LogP contribution in [0.5, 0.6) is 0 Å². The van der Waals surface area contributed by atoms with Gasteiger partial charge < -0.3 is 10.2 Å². The number of hydrogen-bond donors (Lipinski definition) is 2. The van der Waals surface area contributed by atoms with Crippen molar-refractivity contribution in [1.82, 2.24) is 15.2 Å². The lowest BCUT2D eigenvalue weighted by molar-refractivity contribution is -0.136. The van der Waals surface area contributed by atoms with Crippen LogP contribution < -0.4 is 10.6 Å². The number of pyridine rings is 1. The van der Waals surface area contributed by atoms with Crippen LogP contribution in [-0.2, 0) is 16.1 Å². The first kappa shape index (κ1) is 17.8. The molecule has 2 aromatic rings. The zero-order valence-corrected chi connectivity index (χ0v) is 15.2. The summed E-state index contributed by atoms with van der Waals surface area (Å²) >= 11 is 0. The Morgan fingerprint density at radius 2 is 2.04 bits per heavy atom. The van der Waals surface area contributed by atoms with Crippen LogP contribution in [0.2, 0.25) is 0 Å². The summed E-state index contributed by atoms with van der Waals surface area (Å²) in [5, 5.41) is 5.08. The summed E-state index contributed by atoms with van der Waals surface area (Å²) in [7, 11) is 0. The van der Waals surface area contributed by atoms with Crippen molar-refractivity contribution < 1.29 is 19.2 Å². The topological polar surface area (TPSA) is 108 Å². The van der Waals surface area contributed by atoms with Gasteiger partial charge >= 0.3 is 0 Å². The molecule has 2 aliphatic rings. The lowest BCUT2D eigenvalue weighted by Crippen LogP contribution is -2.52. The van der Waals surface area contributed by atoms with E-state index >= 15 is 0 Å². The largest absolute Gasteiger partial charge is 0.322 e. The summed E-state index contributed by atoms with van der Waals surface area (Å²) in [6, 6.07) is 7.83. The highest BCUT2D eigenvalue weighted by Gasteiger charge is 2.39. The summed E-state index contributed by atoms with van der Waals surface area (Å²) < 4.78 is 0. The maximum absolute atomic E-state index is 12.7. The van der Waals surface area contributed by atoms with Gasteiger partial charge in [-0.25, -0.2) is 0 Å². The number of fused-ring (bicyclic) bond motifs is 1. The quantitative estimate of drug-likeness (QED) is 0.785.